The van der Waals surface area contributed by atoms with Gasteiger partial charge in [0.05, 0.1) is 18.6 Å². The van der Waals surface area contributed by atoms with Crippen LogP contribution in [-0.2, 0) is 6.42 Å². The van der Waals surface area contributed by atoms with Gasteiger partial charge in [0.25, 0.3) is 0 Å². The number of furan rings is 1. The maximum atomic E-state index is 9.87. The fourth-order valence-corrected chi connectivity index (χ4v) is 2.43. The van der Waals surface area contributed by atoms with Gasteiger partial charge in [-0.3, -0.25) is 0 Å². The van der Waals surface area contributed by atoms with E-state index in [-0.39, 0.29) is 6.10 Å². The third-order valence-corrected chi connectivity index (χ3v) is 3.59. The van der Waals surface area contributed by atoms with E-state index in [0.717, 1.165) is 37.7 Å². The van der Waals surface area contributed by atoms with Crippen molar-refractivity contribution in [2.24, 2.45) is 0 Å². The van der Waals surface area contributed by atoms with Crippen LogP contribution in [0.4, 0.5) is 0 Å². The molecule has 0 saturated heterocycles. The second-order valence-corrected chi connectivity index (χ2v) is 6.33. The van der Waals surface area contributed by atoms with Gasteiger partial charge in [-0.05, 0) is 71.4 Å². The zero-order chi connectivity index (χ0) is 16.4. The number of aliphatic hydroxyl groups excluding tert-OH is 1. The zero-order valence-electron chi connectivity index (χ0n) is 14.4. The molecular formula is C20H30O2. The molecular weight excluding hydrogens is 272 g/mol. The highest BCUT2D eigenvalue weighted by Crippen LogP contribution is 2.13. The Morgan fingerprint density at radius 1 is 1.14 bits per heavy atom. The Hall–Kier alpha value is -1.54. The molecule has 1 aromatic heterocycles. The van der Waals surface area contributed by atoms with E-state index in [9.17, 15) is 5.11 Å². The Morgan fingerprint density at radius 3 is 2.50 bits per heavy atom. The van der Waals surface area contributed by atoms with E-state index in [2.05, 4.69) is 26.0 Å². The van der Waals surface area contributed by atoms with Crippen LogP contribution < -0.4 is 0 Å². The molecule has 0 aliphatic heterocycles. The van der Waals surface area contributed by atoms with Gasteiger partial charge in [-0.1, -0.05) is 34.9 Å². The Balaban J connectivity index is 2.26. The molecule has 0 saturated carbocycles. The number of hydrogen-bond acceptors (Lipinski definition) is 2. The smallest absolute Gasteiger partial charge is 0.0934 e. The quantitative estimate of drug-likeness (QED) is 0.602. The molecule has 0 amide bonds. The van der Waals surface area contributed by atoms with Gasteiger partial charge in [0.1, 0.15) is 0 Å². The van der Waals surface area contributed by atoms with Crippen LogP contribution in [0.2, 0.25) is 0 Å². The van der Waals surface area contributed by atoms with E-state index in [4.69, 9.17) is 4.42 Å². The predicted octanol–water partition coefficient (Wildman–Crippen LogP) is 5.60. The maximum absolute atomic E-state index is 9.87. The molecule has 22 heavy (non-hydrogen) atoms. The van der Waals surface area contributed by atoms with Crippen molar-refractivity contribution in [3.05, 3.63) is 59.1 Å². The molecule has 1 heterocycles. The summed E-state index contributed by atoms with van der Waals surface area (Å²) in [6, 6.07) is 2.02. The van der Waals surface area contributed by atoms with Gasteiger partial charge in [-0.2, -0.15) is 0 Å². The van der Waals surface area contributed by atoms with Crippen molar-refractivity contribution >= 4 is 0 Å². The minimum absolute atomic E-state index is 0.354. The van der Waals surface area contributed by atoms with Crippen LogP contribution in [0, 0.1) is 0 Å². The van der Waals surface area contributed by atoms with Crippen LogP contribution >= 0.6 is 0 Å². The van der Waals surface area contributed by atoms with E-state index >= 15 is 0 Å². The summed E-state index contributed by atoms with van der Waals surface area (Å²) < 4.78 is 5.07. The van der Waals surface area contributed by atoms with Crippen LogP contribution in [0.3, 0.4) is 0 Å². The molecule has 1 N–H and O–H groups in total. The first-order valence-corrected chi connectivity index (χ1v) is 8.13. The molecule has 0 bridgehead atoms. The maximum Gasteiger partial charge on any atom is 0.0934 e. The lowest BCUT2D eigenvalue weighted by atomic mass is 10.0. The average molecular weight is 302 g/mol. The first kappa shape index (κ1) is 18.5. The number of aryl methyl sites for hydroxylation is 1. The second-order valence-electron chi connectivity index (χ2n) is 6.33. The van der Waals surface area contributed by atoms with Crippen molar-refractivity contribution in [2.75, 3.05) is 0 Å². The third-order valence-electron chi connectivity index (χ3n) is 3.59. The van der Waals surface area contributed by atoms with Crippen molar-refractivity contribution in [3.63, 3.8) is 0 Å². The minimum atomic E-state index is -0.354. The lowest BCUT2D eigenvalue weighted by molar-refractivity contribution is 0.222. The molecule has 0 fully saturated rings. The number of aliphatic hydroxyl groups is 1. The predicted molar refractivity (Wildman–Crippen MR) is 93.8 cm³/mol. The van der Waals surface area contributed by atoms with Crippen LogP contribution in [0.25, 0.3) is 0 Å². The molecule has 1 rings (SSSR count). The van der Waals surface area contributed by atoms with E-state index in [1.54, 1.807) is 6.26 Å². The number of allylic oxidation sites excluding steroid dienone is 4. The Bertz CT molecular complexity index is 500. The summed E-state index contributed by atoms with van der Waals surface area (Å²) in [6.07, 6.45) is 14.6. The highest BCUT2D eigenvalue weighted by atomic mass is 16.3. The SMILES string of the molecule is CC(C)=CC(O)C/C(C)=C/CC/C(C)=C/CCc1ccoc1. The summed E-state index contributed by atoms with van der Waals surface area (Å²) in [6.45, 7) is 8.32. The summed E-state index contributed by atoms with van der Waals surface area (Å²) in [5.41, 5.74) is 5.11. The molecule has 0 radical (unpaired) electrons. The fourth-order valence-electron chi connectivity index (χ4n) is 2.43. The van der Waals surface area contributed by atoms with Crippen molar-refractivity contribution in [1.82, 2.24) is 0 Å². The van der Waals surface area contributed by atoms with E-state index in [0.29, 0.717) is 0 Å². The molecule has 1 atom stereocenters. The number of hydrogen-bond donors (Lipinski definition) is 1. The van der Waals surface area contributed by atoms with Gasteiger partial charge in [-0.15, -0.1) is 0 Å². The van der Waals surface area contributed by atoms with Crippen molar-refractivity contribution < 1.29 is 9.52 Å². The third kappa shape index (κ3) is 8.68. The lowest BCUT2D eigenvalue weighted by Gasteiger charge is -2.07. The Labute approximate surface area is 135 Å². The summed E-state index contributed by atoms with van der Waals surface area (Å²) in [5.74, 6) is 0. The topological polar surface area (TPSA) is 33.4 Å². The number of rotatable bonds is 9. The van der Waals surface area contributed by atoms with Crippen molar-refractivity contribution in [3.8, 4) is 0 Å². The molecule has 0 aliphatic carbocycles. The molecule has 1 unspecified atom stereocenters. The van der Waals surface area contributed by atoms with E-state index in [1.807, 2.05) is 32.3 Å². The van der Waals surface area contributed by atoms with Gasteiger partial charge >= 0.3 is 0 Å². The summed E-state index contributed by atoms with van der Waals surface area (Å²) in [5, 5.41) is 9.87. The standard InChI is InChI=1S/C20H30O2/c1-16(2)13-20(21)14-18(4)9-5-7-17(3)8-6-10-19-11-12-22-15-19/h8-9,11-13,15,20-21H,5-7,10,14H2,1-4H3/b17-8+,18-9+. The van der Waals surface area contributed by atoms with Gasteiger partial charge < -0.3 is 9.52 Å². The highest BCUT2D eigenvalue weighted by molar-refractivity contribution is 5.10. The summed E-state index contributed by atoms with van der Waals surface area (Å²) in [4.78, 5) is 0. The van der Waals surface area contributed by atoms with Gasteiger partial charge in [0, 0.05) is 0 Å². The zero-order valence-corrected chi connectivity index (χ0v) is 14.4. The van der Waals surface area contributed by atoms with Crippen molar-refractivity contribution in [2.45, 2.75) is 65.9 Å². The second kappa shape index (κ2) is 10.2. The average Bonchev–Trinajstić information content (AvgIpc) is 2.90. The molecule has 0 spiro atoms. The normalized spacial score (nSPS) is 14.0. The molecule has 2 nitrogen and oxygen atoms in total. The largest absolute Gasteiger partial charge is 0.472 e. The van der Waals surface area contributed by atoms with Crippen LogP contribution in [-0.4, -0.2) is 11.2 Å². The Morgan fingerprint density at radius 2 is 1.86 bits per heavy atom. The van der Waals surface area contributed by atoms with Gasteiger partial charge in [-0.25, -0.2) is 0 Å². The molecule has 1 aromatic rings. The molecule has 0 aromatic carbocycles. The van der Waals surface area contributed by atoms with Crippen LogP contribution in [0.5, 0.6) is 0 Å². The van der Waals surface area contributed by atoms with Gasteiger partial charge in [0.15, 0.2) is 0 Å². The van der Waals surface area contributed by atoms with Gasteiger partial charge in [0.2, 0.25) is 0 Å². The van der Waals surface area contributed by atoms with Crippen LogP contribution in [0.1, 0.15) is 58.9 Å². The van der Waals surface area contributed by atoms with E-state index in [1.165, 1.54) is 16.7 Å². The summed E-state index contributed by atoms with van der Waals surface area (Å²) in [7, 11) is 0. The monoisotopic (exact) mass is 302 g/mol. The fraction of sp³-hybridized carbons (Fsp3) is 0.500. The lowest BCUT2D eigenvalue weighted by Crippen LogP contribution is -2.03. The Kier molecular flexibility index (Phi) is 8.61. The first-order chi connectivity index (χ1) is 10.5. The first-order valence-electron chi connectivity index (χ1n) is 8.13. The molecule has 122 valence electrons. The van der Waals surface area contributed by atoms with E-state index < -0.39 is 0 Å². The van der Waals surface area contributed by atoms with Crippen LogP contribution in [0.15, 0.2) is 58.0 Å². The van der Waals surface area contributed by atoms with Crippen molar-refractivity contribution in [1.29, 1.82) is 0 Å². The summed E-state index contributed by atoms with van der Waals surface area (Å²) >= 11 is 0. The molecule has 0 aliphatic rings. The minimum Gasteiger partial charge on any atom is -0.472 e. The molecule has 2 heteroatoms. The highest BCUT2D eigenvalue weighted by Gasteiger charge is 2.01.